The highest BCUT2D eigenvalue weighted by atomic mass is 16.3. The Labute approximate surface area is 80.3 Å². The van der Waals surface area contributed by atoms with Gasteiger partial charge in [-0.05, 0) is 50.5 Å². The zero-order valence-corrected chi connectivity index (χ0v) is 8.21. The highest BCUT2D eigenvalue weighted by Gasteiger charge is 2.12. The molecule has 0 fully saturated rings. The van der Waals surface area contributed by atoms with Crippen LogP contribution < -0.4 is 0 Å². The Hall–Kier alpha value is -0.340. The van der Waals surface area contributed by atoms with Gasteiger partial charge >= 0.3 is 0 Å². The average molecular weight is 184 g/mol. The lowest BCUT2D eigenvalue weighted by molar-refractivity contribution is 0.184. The van der Waals surface area contributed by atoms with Crippen molar-refractivity contribution in [2.75, 3.05) is 6.61 Å². The number of hydrogen-bond donors (Lipinski definition) is 2. The van der Waals surface area contributed by atoms with Crippen molar-refractivity contribution in [3.63, 3.8) is 0 Å². The minimum atomic E-state index is -0.244. The first-order valence-electron chi connectivity index (χ1n) is 5.32. The molecule has 0 spiro atoms. The molecule has 0 aromatic carbocycles. The Morgan fingerprint density at radius 3 is 2.77 bits per heavy atom. The quantitative estimate of drug-likeness (QED) is 0.507. The third-order valence-electron chi connectivity index (χ3n) is 2.64. The monoisotopic (exact) mass is 184 g/mol. The van der Waals surface area contributed by atoms with E-state index in [1.807, 2.05) is 0 Å². The zero-order valence-electron chi connectivity index (χ0n) is 8.21. The van der Waals surface area contributed by atoms with Crippen LogP contribution in [0.2, 0.25) is 0 Å². The molecule has 0 aromatic heterocycles. The molecule has 1 aliphatic carbocycles. The molecule has 0 radical (unpaired) electrons. The molecule has 76 valence electrons. The van der Waals surface area contributed by atoms with Gasteiger partial charge in [-0.1, -0.05) is 6.08 Å². The molecule has 0 bridgehead atoms. The normalized spacial score (nSPS) is 19.7. The molecule has 0 saturated heterocycles. The van der Waals surface area contributed by atoms with Gasteiger partial charge in [0.15, 0.2) is 0 Å². The summed E-state index contributed by atoms with van der Waals surface area (Å²) in [5.41, 5.74) is 1.23. The van der Waals surface area contributed by atoms with Crippen LogP contribution in [0.25, 0.3) is 0 Å². The second-order valence-electron chi connectivity index (χ2n) is 3.76. The Balaban J connectivity index is 2.21. The maximum atomic E-state index is 9.75. The Kier molecular flexibility index (Phi) is 5.09. The third-order valence-corrected chi connectivity index (χ3v) is 2.64. The van der Waals surface area contributed by atoms with Gasteiger partial charge in [-0.3, -0.25) is 0 Å². The maximum Gasteiger partial charge on any atom is 0.0750 e. The van der Waals surface area contributed by atoms with Crippen LogP contribution in [0.5, 0.6) is 0 Å². The summed E-state index contributed by atoms with van der Waals surface area (Å²) < 4.78 is 0. The van der Waals surface area contributed by atoms with Gasteiger partial charge in [-0.2, -0.15) is 0 Å². The lowest BCUT2D eigenvalue weighted by Crippen LogP contribution is -2.12. The number of hydrogen-bond acceptors (Lipinski definition) is 2. The van der Waals surface area contributed by atoms with E-state index < -0.39 is 0 Å². The summed E-state index contributed by atoms with van der Waals surface area (Å²) in [7, 11) is 0. The summed E-state index contributed by atoms with van der Waals surface area (Å²) in [4.78, 5) is 0. The summed E-state index contributed by atoms with van der Waals surface area (Å²) in [6, 6.07) is 0. The van der Waals surface area contributed by atoms with E-state index in [1.54, 1.807) is 0 Å². The van der Waals surface area contributed by atoms with Crippen molar-refractivity contribution < 1.29 is 10.2 Å². The number of allylic oxidation sites excluding steroid dienone is 1. The predicted molar refractivity (Wildman–Crippen MR) is 53.5 cm³/mol. The SMILES string of the molecule is OCCCCC(O)C1=CCCCC1. The van der Waals surface area contributed by atoms with Gasteiger partial charge < -0.3 is 10.2 Å². The molecule has 2 N–H and O–H groups in total. The molecular formula is C11H20O2. The minimum absolute atomic E-state index is 0.242. The molecule has 2 heteroatoms. The molecule has 0 saturated carbocycles. The number of aliphatic hydroxyl groups excluding tert-OH is 2. The summed E-state index contributed by atoms with van der Waals surface area (Å²) in [5.74, 6) is 0. The fourth-order valence-corrected chi connectivity index (χ4v) is 1.80. The fourth-order valence-electron chi connectivity index (χ4n) is 1.80. The van der Waals surface area contributed by atoms with Gasteiger partial charge in [-0.15, -0.1) is 0 Å². The predicted octanol–water partition coefficient (Wildman–Crippen LogP) is 2.01. The molecule has 0 aromatic rings. The molecule has 2 nitrogen and oxygen atoms in total. The number of aliphatic hydroxyl groups is 2. The van der Waals surface area contributed by atoms with Crippen LogP contribution >= 0.6 is 0 Å². The summed E-state index contributed by atoms with van der Waals surface area (Å²) in [6.45, 7) is 0.242. The molecule has 0 amide bonds. The molecule has 0 aliphatic heterocycles. The van der Waals surface area contributed by atoms with Gasteiger partial charge in [-0.25, -0.2) is 0 Å². The average Bonchev–Trinajstić information content (AvgIpc) is 2.19. The van der Waals surface area contributed by atoms with Crippen LogP contribution in [-0.4, -0.2) is 22.9 Å². The van der Waals surface area contributed by atoms with Gasteiger partial charge in [0, 0.05) is 6.61 Å². The maximum absolute atomic E-state index is 9.75. The van der Waals surface area contributed by atoms with Crippen molar-refractivity contribution in [2.45, 2.75) is 51.0 Å². The van der Waals surface area contributed by atoms with Crippen molar-refractivity contribution in [2.24, 2.45) is 0 Å². The first kappa shape index (κ1) is 10.7. The number of unbranched alkanes of at least 4 members (excludes halogenated alkanes) is 1. The van der Waals surface area contributed by atoms with E-state index in [1.165, 1.54) is 18.4 Å². The van der Waals surface area contributed by atoms with E-state index in [-0.39, 0.29) is 12.7 Å². The first-order valence-corrected chi connectivity index (χ1v) is 5.32. The topological polar surface area (TPSA) is 40.5 Å². The van der Waals surface area contributed by atoms with Crippen molar-refractivity contribution in [1.29, 1.82) is 0 Å². The minimum Gasteiger partial charge on any atom is -0.396 e. The second-order valence-corrected chi connectivity index (χ2v) is 3.76. The lowest BCUT2D eigenvalue weighted by atomic mass is 9.93. The van der Waals surface area contributed by atoms with Gasteiger partial charge in [0.05, 0.1) is 6.10 Å². The van der Waals surface area contributed by atoms with Crippen LogP contribution in [0.3, 0.4) is 0 Å². The van der Waals surface area contributed by atoms with E-state index in [9.17, 15) is 5.11 Å². The second kappa shape index (κ2) is 6.17. The lowest BCUT2D eigenvalue weighted by Gasteiger charge is -2.18. The van der Waals surface area contributed by atoms with E-state index in [2.05, 4.69) is 6.08 Å². The first-order chi connectivity index (χ1) is 6.34. The Morgan fingerprint density at radius 1 is 1.31 bits per heavy atom. The smallest absolute Gasteiger partial charge is 0.0750 e. The standard InChI is InChI=1S/C11H20O2/c12-9-5-4-8-11(13)10-6-2-1-3-7-10/h6,11-13H,1-5,7-9H2. The van der Waals surface area contributed by atoms with Crippen LogP contribution in [0, 0.1) is 0 Å². The Bertz CT molecular complexity index is 163. The van der Waals surface area contributed by atoms with Crippen molar-refractivity contribution >= 4 is 0 Å². The highest BCUT2D eigenvalue weighted by Crippen LogP contribution is 2.22. The third kappa shape index (κ3) is 3.92. The largest absolute Gasteiger partial charge is 0.396 e. The molecular weight excluding hydrogens is 164 g/mol. The molecule has 1 unspecified atom stereocenters. The van der Waals surface area contributed by atoms with Gasteiger partial charge in [0.25, 0.3) is 0 Å². The summed E-state index contributed by atoms with van der Waals surface area (Å²) in [5, 5.41) is 18.3. The van der Waals surface area contributed by atoms with E-state index in [0.717, 1.165) is 32.1 Å². The van der Waals surface area contributed by atoms with Crippen LogP contribution in [-0.2, 0) is 0 Å². The van der Waals surface area contributed by atoms with Gasteiger partial charge in [0.1, 0.15) is 0 Å². The molecule has 13 heavy (non-hydrogen) atoms. The molecule has 1 aliphatic rings. The zero-order chi connectivity index (χ0) is 9.52. The van der Waals surface area contributed by atoms with Crippen molar-refractivity contribution in [3.05, 3.63) is 11.6 Å². The van der Waals surface area contributed by atoms with E-state index in [4.69, 9.17) is 5.11 Å². The summed E-state index contributed by atoms with van der Waals surface area (Å²) >= 11 is 0. The fraction of sp³-hybridized carbons (Fsp3) is 0.818. The van der Waals surface area contributed by atoms with Gasteiger partial charge in [0.2, 0.25) is 0 Å². The van der Waals surface area contributed by atoms with Crippen molar-refractivity contribution in [3.8, 4) is 0 Å². The van der Waals surface area contributed by atoms with Crippen molar-refractivity contribution in [1.82, 2.24) is 0 Å². The van der Waals surface area contributed by atoms with Crippen LogP contribution in [0.4, 0.5) is 0 Å². The van der Waals surface area contributed by atoms with Crippen LogP contribution in [0.1, 0.15) is 44.9 Å². The molecule has 0 heterocycles. The van der Waals surface area contributed by atoms with Crippen LogP contribution in [0.15, 0.2) is 11.6 Å². The van der Waals surface area contributed by atoms with E-state index in [0.29, 0.717) is 0 Å². The highest BCUT2D eigenvalue weighted by molar-refractivity contribution is 5.10. The Morgan fingerprint density at radius 2 is 2.15 bits per heavy atom. The number of rotatable bonds is 5. The summed E-state index contributed by atoms with van der Waals surface area (Å²) in [6.07, 6.45) is 9.19. The van der Waals surface area contributed by atoms with E-state index >= 15 is 0 Å². The molecule has 1 atom stereocenters. The molecule has 1 rings (SSSR count).